The number of carboxylic acids is 1. The molecule has 0 rings (SSSR count). The van der Waals surface area contributed by atoms with Gasteiger partial charge in [0.15, 0.2) is 0 Å². The standard InChI is InChI=1S/C6H12NO3/c1-2-5(7)4(3-8)6(9)10/h4,8H,2-3,7H2,1H3,(H,9,10). The molecule has 0 saturated carbocycles. The molecule has 1 unspecified atom stereocenters. The smallest absolute Gasteiger partial charge is 0.310 e. The highest BCUT2D eigenvalue weighted by Crippen LogP contribution is 2.10. The minimum absolute atomic E-state index is 0.315. The molecule has 10 heavy (non-hydrogen) atoms. The molecule has 0 bridgehead atoms. The van der Waals surface area contributed by atoms with Crippen LogP contribution in [-0.4, -0.2) is 22.8 Å². The van der Waals surface area contributed by atoms with E-state index in [1.165, 1.54) is 0 Å². The molecule has 0 aliphatic heterocycles. The molecule has 4 heteroatoms. The number of hydrogen-bond donors (Lipinski definition) is 3. The molecule has 0 aromatic heterocycles. The molecule has 0 aliphatic rings. The highest BCUT2D eigenvalue weighted by atomic mass is 16.4. The molecule has 0 aliphatic carbocycles. The number of carboxylic acid groups (broad SMARTS) is 1. The van der Waals surface area contributed by atoms with E-state index >= 15 is 0 Å². The van der Waals surface area contributed by atoms with E-state index in [2.05, 4.69) is 0 Å². The first-order valence-electron chi connectivity index (χ1n) is 3.08. The van der Waals surface area contributed by atoms with E-state index in [4.69, 9.17) is 15.9 Å². The number of aliphatic hydroxyl groups excluding tert-OH is 1. The van der Waals surface area contributed by atoms with Gasteiger partial charge in [-0.15, -0.1) is 0 Å². The lowest BCUT2D eigenvalue weighted by Crippen LogP contribution is -2.30. The summed E-state index contributed by atoms with van der Waals surface area (Å²) in [6, 6.07) is 0.315. The zero-order valence-electron chi connectivity index (χ0n) is 5.87. The topological polar surface area (TPSA) is 83.5 Å². The van der Waals surface area contributed by atoms with Crippen molar-refractivity contribution in [2.45, 2.75) is 13.3 Å². The Morgan fingerprint density at radius 2 is 2.20 bits per heavy atom. The second kappa shape index (κ2) is 4.24. The summed E-state index contributed by atoms with van der Waals surface area (Å²) < 4.78 is 0. The van der Waals surface area contributed by atoms with Crippen LogP contribution in [0.1, 0.15) is 13.3 Å². The molecule has 4 nitrogen and oxygen atoms in total. The molecule has 0 amide bonds. The van der Waals surface area contributed by atoms with Crippen molar-refractivity contribution in [1.29, 1.82) is 0 Å². The van der Waals surface area contributed by atoms with E-state index < -0.39 is 18.5 Å². The summed E-state index contributed by atoms with van der Waals surface area (Å²) in [5.74, 6) is -1.97. The fourth-order valence-electron chi connectivity index (χ4n) is 0.600. The lowest BCUT2D eigenvalue weighted by atomic mass is 10.00. The largest absolute Gasteiger partial charge is 0.481 e. The third-order valence-corrected chi connectivity index (χ3v) is 1.34. The van der Waals surface area contributed by atoms with Gasteiger partial charge < -0.3 is 15.9 Å². The van der Waals surface area contributed by atoms with Gasteiger partial charge >= 0.3 is 5.97 Å². The molecule has 0 saturated heterocycles. The van der Waals surface area contributed by atoms with E-state index in [0.29, 0.717) is 12.5 Å². The maximum Gasteiger partial charge on any atom is 0.310 e. The van der Waals surface area contributed by atoms with Crippen molar-refractivity contribution in [3.8, 4) is 0 Å². The van der Waals surface area contributed by atoms with E-state index in [1.807, 2.05) is 0 Å². The van der Waals surface area contributed by atoms with Gasteiger partial charge in [-0.25, -0.2) is 0 Å². The highest BCUT2D eigenvalue weighted by molar-refractivity contribution is 5.72. The molecule has 0 aromatic rings. The zero-order valence-corrected chi connectivity index (χ0v) is 5.87. The van der Waals surface area contributed by atoms with Gasteiger partial charge in [-0.3, -0.25) is 4.79 Å². The molecule has 0 fully saturated rings. The third-order valence-electron chi connectivity index (χ3n) is 1.34. The Morgan fingerprint density at radius 3 is 2.30 bits per heavy atom. The summed E-state index contributed by atoms with van der Waals surface area (Å²) in [4.78, 5) is 10.3. The Labute approximate surface area is 59.7 Å². The van der Waals surface area contributed by atoms with Crippen LogP contribution in [0, 0.1) is 12.0 Å². The lowest BCUT2D eigenvalue weighted by Gasteiger charge is -2.13. The highest BCUT2D eigenvalue weighted by Gasteiger charge is 2.23. The van der Waals surface area contributed by atoms with Gasteiger partial charge in [-0.05, 0) is 6.42 Å². The quantitative estimate of drug-likeness (QED) is 0.503. The fraction of sp³-hybridized carbons (Fsp3) is 0.667. The van der Waals surface area contributed by atoms with Crippen LogP contribution in [0.15, 0.2) is 0 Å². The predicted molar refractivity (Wildman–Crippen MR) is 35.9 cm³/mol. The van der Waals surface area contributed by atoms with Gasteiger partial charge in [0.25, 0.3) is 0 Å². The van der Waals surface area contributed by atoms with E-state index in [-0.39, 0.29) is 0 Å². The molecule has 0 spiro atoms. The molecule has 4 N–H and O–H groups in total. The van der Waals surface area contributed by atoms with Crippen molar-refractivity contribution in [1.82, 2.24) is 0 Å². The Kier molecular flexibility index (Phi) is 3.99. The van der Waals surface area contributed by atoms with Crippen molar-refractivity contribution in [3.63, 3.8) is 0 Å². The first-order valence-corrected chi connectivity index (χ1v) is 3.08. The number of aliphatic carboxylic acids is 1. The van der Waals surface area contributed by atoms with Crippen molar-refractivity contribution < 1.29 is 15.0 Å². The van der Waals surface area contributed by atoms with Gasteiger partial charge in [0, 0.05) is 0 Å². The number of carbonyl (C=O) groups is 1. The van der Waals surface area contributed by atoms with Gasteiger partial charge in [0.2, 0.25) is 0 Å². The molecule has 1 radical (unpaired) electrons. The predicted octanol–water partition coefficient (Wildman–Crippen LogP) is -0.420. The van der Waals surface area contributed by atoms with Crippen LogP contribution in [0.3, 0.4) is 0 Å². The molecule has 0 aromatic carbocycles. The Bertz CT molecular complexity index is 116. The second-order valence-electron chi connectivity index (χ2n) is 2.00. The number of hydrogen-bond acceptors (Lipinski definition) is 3. The van der Waals surface area contributed by atoms with Crippen LogP contribution in [0.4, 0.5) is 0 Å². The summed E-state index contributed by atoms with van der Waals surface area (Å²) >= 11 is 0. The SMILES string of the molecule is CC[C](N)C(CO)C(=O)O. The van der Waals surface area contributed by atoms with Gasteiger partial charge in [-0.2, -0.15) is 0 Å². The molecule has 0 heterocycles. The minimum Gasteiger partial charge on any atom is -0.481 e. The summed E-state index contributed by atoms with van der Waals surface area (Å²) in [6.07, 6.45) is 0.484. The fourth-order valence-corrected chi connectivity index (χ4v) is 0.600. The summed E-state index contributed by atoms with van der Waals surface area (Å²) in [7, 11) is 0. The Hall–Kier alpha value is -0.610. The first-order chi connectivity index (χ1) is 4.63. The average molecular weight is 146 g/mol. The normalized spacial score (nSPS) is 13.6. The zero-order chi connectivity index (χ0) is 8.15. The molecule has 1 atom stereocenters. The first kappa shape index (κ1) is 9.39. The molecule has 59 valence electrons. The van der Waals surface area contributed by atoms with Crippen LogP contribution in [0.5, 0.6) is 0 Å². The third kappa shape index (κ3) is 2.33. The lowest BCUT2D eigenvalue weighted by molar-refractivity contribution is -0.142. The summed E-state index contributed by atoms with van der Waals surface area (Å²) in [5.41, 5.74) is 5.30. The van der Waals surface area contributed by atoms with Crippen LogP contribution in [0.2, 0.25) is 0 Å². The van der Waals surface area contributed by atoms with Crippen LogP contribution >= 0.6 is 0 Å². The average Bonchev–Trinajstić information content (AvgIpc) is 1.88. The minimum atomic E-state index is -1.07. The number of aliphatic hydroxyl groups is 1. The van der Waals surface area contributed by atoms with Crippen LogP contribution in [0.25, 0.3) is 0 Å². The van der Waals surface area contributed by atoms with Crippen LogP contribution < -0.4 is 5.73 Å². The maximum absolute atomic E-state index is 10.3. The van der Waals surface area contributed by atoms with Crippen molar-refractivity contribution in [2.75, 3.05) is 6.61 Å². The van der Waals surface area contributed by atoms with Gasteiger partial charge in [0.05, 0.1) is 18.6 Å². The summed E-state index contributed by atoms with van der Waals surface area (Å²) in [6.45, 7) is 1.33. The monoisotopic (exact) mass is 146 g/mol. The molecular weight excluding hydrogens is 134 g/mol. The van der Waals surface area contributed by atoms with Crippen molar-refractivity contribution in [3.05, 3.63) is 6.04 Å². The molecular formula is C6H12NO3. The van der Waals surface area contributed by atoms with Crippen LogP contribution in [-0.2, 0) is 4.79 Å². The Morgan fingerprint density at radius 1 is 1.70 bits per heavy atom. The van der Waals surface area contributed by atoms with E-state index in [1.54, 1.807) is 6.92 Å². The van der Waals surface area contributed by atoms with E-state index in [0.717, 1.165) is 0 Å². The van der Waals surface area contributed by atoms with E-state index in [9.17, 15) is 4.79 Å². The van der Waals surface area contributed by atoms with Gasteiger partial charge in [-0.1, -0.05) is 6.92 Å². The Balaban J connectivity index is 3.92. The second-order valence-corrected chi connectivity index (χ2v) is 2.00. The number of nitrogens with two attached hydrogens (primary N) is 1. The van der Waals surface area contributed by atoms with Crippen molar-refractivity contribution in [2.24, 2.45) is 11.7 Å². The van der Waals surface area contributed by atoms with Gasteiger partial charge in [0.1, 0.15) is 0 Å². The maximum atomic E-state index is 10.3. The summed E-state index contributed by atoms with van der Waals surface area (Å²) in [5, 5.41) is 16.9. The number of rotatable bonds is 4. The van der Waals surface area contributed by atoms with Crippen molar-refractivity contribution >= 4 is 5.97 Å².